The minimum Gasteiger partial charge on any atom is -0.475 e. The van der Waals surface area contributed by atoms with Gasteiger partial charge in [-0.25, -0.2) is 4.68 Å². The van der Waals surface area contributed by atoms with E-state index in [0.29, 0.717) is 18.2 Å². The number of aromatic nitrogens is 2. The Balaban J connectivity index is 2.41. The zero-order chi connectivity index (χ0) is 12.3. The van der Waals surface area contributed by atoms with E-state index in [-0.39, 0.29) is 0 Å². The second-order valence-corrected chi connectivity index (χ2v) is 4.21. The quantitative estimate of drug-likeness (QED) is 0.873. The number of hydrogen-bond donors (Lipinski definition) is 1. The third-order valence-electron chi connectivity index (χ3n) is 2.76. The molecule has 0 spiro atoms. The lowest BCUT2D eigenvalue weighted by Gasteiger charge is -2.06. The summed E-state index contributed by atoms with van der Waals surface area (Å²) in [6.07, 6.45) is 9.27. The van der Waals surface area contributed by atoms with Crippen LogP contribution in [0.3, 0.4) is 0 Å². The first-order valence-electron chi connectivity index (χ1n) is 6.08. The van der Waals surface area contributed by atoms with Gasteiger partial charge >= 0.3 is 0 Å². The Morgan fingerprint density at radius 1 is 1.47 bits per heavy atom. The van der Waals surface area contributed by atoms with Gasteiger partial charge in [-0.2, -0.15) is 0 Å². The second kappa shape index (κ2) is 5.08. The van der Waals surface area contributed by atoms with E-state index in [1.54, 1.807) is 0 Å². The third kappa shape index (κ3) is 2.35. The number of hydrogen-bond acceptors (Lipinski definition) is 3. The number of nitrogens with two attached hydrogens (primary N) is 1. The highest BCUT2D eigenvalue weighted by Gasteiger charge is 2.17. The molecule has 0 unspecified atom stereocenters. The maximum Gasteiger partial charge on any atom is 0.257 e. The molecule has 0 saturated carbocycles. The van der Waals surface area contributed by atoms with Crippen LogP contribution in [0.4, 0.5) is 5.69 Å². The fourth-order valence-corrected chi connectivity index (χ4v) is 1.90. The first-order valence-corrected chi connectivity index (χ1v) is 6.08. The molecule has 0 bridgehead atoms. The van der Waals surface area contributed by atoms with Crippen molar-refractivity contribution in [1.29, 1.82) is 0 Å². The van der Waals surface area contributed by atoms with Crippen LogP contribution < -0.4 is 10.5 Å². The third-order valence-corrected chi connectivity index (χ3v) is 2.76. The highest BCUT2D eigenvalue weighted by atomic mass is 16.5. The Kier molecular flexibility index (Phi) is 3.52. The summed E-state index contributed by atoms with van der Waals surface area (Å²) >= 11 is 0. The normalized spacial score (nSPS) is 19.8. The molecular formula is C13H19N3O. The Morgan fingerprint density at radius 2 is 2.29 bits per heavy atom. The van der Waals surface area contributed by atoms with E-state index in [4.69, 9.17) is 10.5 Å². The van der Waals surface area contributed by atoms with Crippen LogP contribution in [0.1, 0.15) is 38.8 Å². The predicted octanol–water partition coefficient (Wildman–Crippen LogP) is 2.92. The summed E-state index contributed by atoms with van der Waals surface area (Å²) in [5.41, 5.74) is 8.84. The van der Waals surface area contributed by atoms with Crippen molar-refractivity contribution < 1.29 is 4.74 Å². The van der Waals surface area contributed by atoms with Crippen LogP contribution in [0.5, 0.6) is 5.88 Å². The fourth-order valence-electron chi connectivity index (χ4n) is 1.90. The van der Waals surface area contributed by atoms with Gasteiger partial charge in [0.1, 0.15) is 5.69 Å². The Hall–Kier alpha value is -1.71. The molecular weight excluding hydrogens is 214 g/mol. The van der Waals surface area contributed by atoms with Crippen LogP contribution in [0.2, 0.25) is 0 Å². The maximum atomic E-state index is 6.09. The van der Waals surface area contributed by atoms with Gasteiger partial charge in [-0.3, -0.25) is 0 Å². The largest absolute Gasteiger partial charge is 0.475 e. The molecule has 1 aromatic heterocycles. The van der Waals surface area contributed by atoms with Gasteiger partial charge in [0.25, 0.3) is 5.88 Å². The molecule has 4 heteroatoms. The van der Waals surface area contributed by atoms with Crippen LogP contribution in [-0.2, 0) is 0 Å². The number of rotatable bonds is 3. The lowest BCUT2D eigenvalue weighted by molar-refractivity contribution is 0.305. The molecule has 0 fully saturated rings. The van der Waals surface area contributed by atoms with E-state index in [1.807, 2.05) is 10.9 Å². The summed E-state index contributed by atoms with van der Waals surface area (Å²) in [5, 5.41) is 4.38. The van der Waals surface area contributed by atoms with Gasteiger partial charge in [-0.15, -0.1) is 5.10 Å². The van der Waals surface area contributed by atoms with E-state index < -0.39 is 0 Å². The van der Waals surface area contributed by atoms with Gasteiger partial charge in [0.15, 0.2) is 0 Å². The average molecular weight is 233 g/mol. The molecule has 2 heterocycles. The van der Waals surface area contributed by atoms with Crippen molar-refractivity contribution in [2.75, 3.05) is 12.3 Å². The predicted molar refractivity (Wildman–Crippen MR) is 70.6 cm³/mol. The summed E-state index contributed by atoms with van der Waals surface area (Å²) in [4.78, 5) is 0. The number of nitrogens with zero attached hydrogens (tertiary/aromatic N) is 2. The minimum atomic E-state index is 0.543. The summed E-state index contributed by atoms with van der Waals surface area (Å²) in [5.74, 6) is 0.543. The number of anilines is 1. The van der Waals surface area contributed by atoms with Crippen molar-refractivity contribution in [1.82, 2.24) is 9.78 Å². The van der Waals surface area contributed by atoms with Crippen molar-refractivity contribution in [2.24, 2.45) is 0 Å². The monoisotopic (exact) mass is 233 g/mol. The molecule has 0 radical (unpaired) electrons. The standard InChI is InChI=1S/C13H19N3O/c1-3-9-17-13-11(14)12-10(2)7-5-4-6-8-16(12)15-13/h6-8H,3-5,9,14H2,1-2H3/b8-6-,10-7-. The van der Waals surface area contributed by atoms with E-state index in [1.165, 1.54) is 0 Å². The minimum absolute atomic E-state index is 0.543. The Morgan fingerprint density at radius 3 is 3.06 bits per heavy atom. The molecule has 1 aliphatic rings. The van der Waals surface area contributed by atoms with Crippen molar-refractivity contribution in [3.8, 4) is 5.88 Å². The molecule has 2 rings (SSSR count). The topological polar surface area (TPSA) is 53.1 Å². The second-order valence-electron chi connectivity index (χ2n) is 4.21. The van der Waals surface area contributed by atoms with Crippen LogP contribution >= 0.6 is 0 Å². The first kappa shape index (κ1) is 11.8. The average Bonchev–Trinajstić information content (AvgIpc) is 2.59. The van der Waals surface area contributed by atoms with E-state index in [2.05, 4.69) is 31.1 Å². The van der Waals surface area contributed by atoms with Crippen LogP contribution in [0, 0.1) is 0 Å². The van der Waals surface area contributed by atoms with Crippen LogP contribution in [0.15, 0.2) is 12.2 Å². The van der Waals surface area contributed by atoms with Crippen LogP contribution in [-0.4, -0.2) is 16.4 Å². The lowest BCUT2D eigenvalue weighted by atomic mass is 10.1. The summed E-state index contributed by atoms with van der Waals surface area (Å²) in [7, 11) is 0. The molecule has 0 atom stereocenters. The lowest BCUT2D eigenvalue weighted by Crippen LogP contribution is -1.99. The summed E-state index contributed by atoms with van der Waals surface area (Å²) in [6.45, 7) is 4.77. The van der Waals surface area contributed by atoms with Crippen LogP contribution in [0.25, 0.3) is 11.8 Å². The summed E-state index contributed by atoms with van der Waals surface area (Å²) < 4.78 is 7.36. The zero-order valence-electron chi connectivity index (χ0n) is 10.4. The van der Waals surface area contributed by atoms with E-state index >= 15 is 0 Å². The van der Waals surface area contributed by atoms with Gasteiger partial charge in [-0.05, 0) is 31.8 Å². The number of nitrogen functional groups attached to an aromatic ring is 1. The highest BCUT2D eigenvalue weighted by molar-refractivity contribution is 5.76. The Labute approximate surface area is 102 Å². The molecule has 92 valence electrons. The molecule has 0 aliphatic carbocycles. The zero-order valence-corrected chi connectivity index (χ0v) is 10.4. The van der Waals surface area contributed by atoms with Crippen molar-refractivity contribution in [2.45, 2.75) is 33.1 Å². The van der Waals surface area contributed by atoms with Gasteiger partial charge in [0, 0.05) is 6.20 Å². The molecule has 1 aliphatic heterocycles. The smallest absolute Gasteiger partial charge is 0.257 e. The van der Waals surface area contributed by atoms with Gasteiger partial charge in [0.05, 0.1) is 12.3 Å². The molecule has 1 aromatic rings. The Bertz CT molecular complexity index is 457. The van der Waals surface area contributed by atoms with Crippen molar-refractivity contribution >= 4 is 17.5 Å². The number of fused-ring (bicyclic) bond motifs is 1. The van der Waals surface area contributed by atoms with Gasteiger partial charge in [0.2, 0.25) is 0 Å². The van der Waals surface area contributed by atoms with E-state index in [0.717, 1.165) is 30.5 Å². The first-order chi connectivity index (χ1) is 8.24. The molecule has 4 nitrogen and oxygen atoms in total. The highest BCUT2D eigenvalue weighted by Crippen LogP contribution is 2.31. The van der Waals surface area contributed by atoms with Crippen molar-refractivity contribution in [3.63, 3.8) is 0 Å². The molecule has 17 heavy (non-hydrogen) atoms. The SMILES string of the molecule is CCCOc1nn2c(c1N)/C(C)=C\CC/C=C\2. The van der Waals surface area contributed by atoms with Gasteiger partial charge < -0.3 is 10.5 Å². The maximum absolute atomic E-state index is 6.09. The van der Waals surface area contributed by atoms with E-state index in [9.17, 15) is 0 Å². The molecule has 0 aromatic carbocycles. The molecule has 2 N–H and O–H groups in total. The summed E-state index contributed by atoms with van der Waals surface area (Å²) in [6, 6.07) is 0. The molecule has 0 saturated heterocycles. The number of allylic oxidation sites excluding steroid dienone is 3. The van der Waals surface area contributed by atoms with Crippen molar-refractivity contribution in [3.05, 3.63) is 17.8 Å². The number of ether oxygens (including phenoxy) is 1. The van der Waals surface area contributed by atoms with Gasteiger partial charge in [-0.1, -0.05) is 19.1 Å². The fraction of sp³-hybridized carbons (Fsp3) is 0.462. The molecule has 0 amide bonds.